The smallest absolute Gasteiger partial charge is 1.00 e. The molecule has 152 valence electrons. The van der Waals surface area contributed by atoms with Crippen LogP contribution in [0.5, 0.6) is 0 Å². The van der Waals surface area contributed by atoms with Crippen molar-refractivity contribution in [1.29, 1.82) is 0 Å². The van der Waals surface area contributed by atoms with E-state index in [2.05, 4.69) is 42.0 Å². The van der Waals surface area contributed by atoms with Gasteiger partial charge in [-0.25, -0.2) is 8.42 Å². The maximum absolute atomic E-state index is 13.1. The Kier molecular flexibility index (Phi) is 8.69. The Labute approximate surface area is 213 Å². The predicted molar refractivity (Wildman–Crippen MR) is 114 cm³/mol. The van der Waals surface area contributed by atoms with Gasteiger partial charge < -0.3 is 12.4 Å². The summed E-state index contributed by atoms with van der Waals surface area (Å²) in [5.41, 5.74) is 6.37. The van der Waals surface area contributed by atoms with E-state index in [1.54, 1.807) is 12.1 Å². The van der Waals surface area contributed by atoms with E-state index >= 15 is 0 Å². The number of fused-ring (bicyclic) bond motifs is 1. The van der Waals surface area contributed by atoms with Gasteiger partial charge in [0.2, 0.25) is 10.0 Å². The van der Waals surface area contributed by atoms with Crippen molar-refractivity contribution in [2.45, 2.75) is 31.2 Å². The molecule has 4 rings (SSSR count). The van der Waals surface area contributed by atoms with Crippen molar-refractivity contribution in [3.8, 4) is 11.1 Å². The van der Waals surface area contributed by atoms with Crippen molar-refractivity contribution in [3.05, 3.63) is 95.1 Å². The van der Waals surface area contributed by atoms with Crippen LogP contribution >= 0.6 is 0 Å². The molecule has 0 saturated carbocycles. The number of aryl methyl sites for hydroxylation is 1. The number of benzene rings is 3. The van der Waals surface area contributed by atoms with E-state index in [0.717, 1.165) is 39.8 Å². The van der Waals surface area contributed by atoms with Gasteiger partial charge in [0.05, 0.1) is 10.9 Å². The van der Waals surface area contributed by atoms with Crippen LogP contribution in [0.1, 0.15) is 36.1 Å². The third-order valence-corrected chi connectivity index (χ3v) is 6.68. The minimum Gasteiger partial charge on any atom is -1.00 e. The van der Waals surface area contributed by atoms with Gasteiger partial charge in [0.1, 0.15) is 0 Å². The van der Waals surface area contributed by atoms with E-state index in [1.165, 1.54) is 0 Å². The molecule has 3 aromatic carbocycles. The van der Waals surface area contributed by atoms with Crippen molar-refractivity contribution in [1.82, 2.24) is 4.72 Å². The van der Waals surface area contributed by atoms with Gasteiger partial charge >= 0.3 is 35.6 Å². The summed E-state index contributed by atoms with van der Waals surface area (Å²) >= 11 is 0. The maximum Gasteiger partial charge on any atom is 1.00 e. The van der Waals surface area contributed by atoms with E-state index < -0.39 is 10.0 Å². The van der Waals surface area contributed by atoms with Gasteiger partial charge in [0.25, 0.3) is 0 Å². The standard InChI is InChI=1S/C24H23NO2S.ClH.La/c1-3-18-16-20-10-7-11-22(19-8-5-4-6-9-19)23(20)24(18)25-28(26,27)21-14-12-17(2)13-15-21;;/h4-16,24-25H,3H2,1-2H3;1H;/q;;+1/p-1. The zero-order valence-electron chi connectivity index (χ0n) is 17.0. The zero-order valence-corrected chi connectivity index (χ0v) is 22.2. The van der Waals surface area contributed by atoms with E-state index in [9.17, 15) is 8.42 Å². The van der Waals surface area contributed by atoms with E-state index in [0.29, 0.717) is 4.90 Å². The van der Waals surface area contributed by atoms with Crippen molar-refractivity contribution >= 4 is 16.1 Å². The Balaban J connectivity index is 0.00000160. The first kappa shape index (κ1) is 25.1. The molecule has 3 nitrogen and oxygen atoms in total. The summed E-state index contributed by atoms with van der Waals surface area (Å²) in [6.07, 6.45) is 2.90. The van der Waals surface area contributed by atoms with Gasteiger partial charge in [-0.3, -0.25) is 0 Å². The Morgan fingerprint density at radius 1 is 0.900 bits per heavy atom. The molecular weight excluding hydrogens is 541 g/mol. The molecule has 1 N–H and O–H groups in total. The fourth-order valence-electron chi connectivity index (χ4n) is 3.75. The predicted octanol–water partition coefficient (Wildman–Crippen LogP) is 2.49. The summed E-state index contributed by atoms with van der Waals surface area (Å²) < 4.78 is 29.1. The van der Waals surface area contributed by atoms with Gasteiger partial charge in [-0.1, -0.05) is 79.2 Å². The zero-order chi connectivity index (χ0) is 19.7. The van der Waals surface area contributed by atoms with Crippen LogP contribution in [-0.4, -0.2) is 8.42 Å². The van der Waals surface area contributed by atoms with Crippen molar-refractivity contribution in [3.63, 3.8) is 0 Å². The molecule has 1 aliphatic carbocycles. The molecule has 0 spiro atoms. The van der Waals surface area contributed by atoms with Crippen LogP contribution in [0.2, 0.25) is 0 Å². The number of hydrogen-bond acceptors (Lipinski definition) is 2. The average Bonchev–Trinajstić information content (AvgIpc) is 3.06. The Bertz CT molecular complexity index is 1140. The monoisotopic (exact) mass is 563 g/mol. The molecule has 1 aliphatic rings. The second kappa shape index (κ2) is 10.4. The van der Waals surface area contributed by atoms with Gasteiger partial charge in [-0.05, 0) is 53.3 Å². The Hall–Kier alpha value is -1.21. The number of sulfonamides is 1. The van der Waals surface area contributed by atoms with Crippen LogP contribution in [-0.2, 0) is 10.0 Å². The summed E-state index contributed by atoms with van der Waals surface area (Å²) in [6, 6.07) is 22.9. The summed E-state index contributed by atoms with van der Waals surface area (Å²) in [4.78, 5) is 0.291. The molecule has 0 aliphatic heterocycles. The molecule has 1 atom stereocenters. The molecule has 0 aromatic heterocycles. The van der Waals surface area contributed by atoms with Gasteiger partial charge in [-0.15, -0.1) is 0 Å². The van der Waals surface area contributed by atoms with Crippen molar-refractivity contribution in [2.24, 2.45) is 0 Å². The van der Waals surface area contributed by atoms with Gasteiger partial charge in [-0.2, -0.15) is 4.72 Å². The molecule has 0 heterocycles. The second-order valence-electron chi connectivity index (χ2n) is 7.11. The largest absolute Gasteiger partial charge is 1.00 e. The maximum atomic E-state index is 13.1. The Morgan fingerprint density at radius 2 is 1.57 bits per heavy atom. The third kappa shape index (κ3) is 4.99. The molecule has 0 bridgehead atoms. The normalized spacial score (nSPS) is 14.9. The fourth-order valence-corrected chi connectivity index (χ4v) is 4.96. The van der Waals surface area contributed by atoms with Gasteiger partial charge in [0, 0.05) is 0 Å². The second-order valence-corrected chi connectivity index (χ2v) is 8.83. The van der Waals surface area contributed by atoms with Crippen LogP contribution in [0, 0.1) is 42.5 Å². The third-order valence-electron chi connectivity index (χ3n) is 5.24. The summed E-state index contributed by atoms with van der Waals surface area (Å²) in [6.45, 7) is 4.01. The minimum absolute atomic E-state index is 0. The van der Waals surface area contributed by atoms with Crippen LogP contribution < -0.4 is 17.1 Å². The number of nitrogens with one attached hydrogen (secondary N) is 1. The number of rotatable bonds is 5. The van der Waals surface area contributed by atoms with Crippen molar-refractivity contribution in [2.75, 3.05) is 0 Å². The van der Waals surface area contributed by atoms with E-state index in [1.807, 2.05) is 43.3 Å². The van der Waals surface area contributed by atoms with Gasteiger partial charge in [0.15, 0.2) is 0 Å². The summed E-state index contributed by atoms with van der Waals surface area (Å²) in [7, 11) is -3.64. The fraction of sp³-hybridized carbons (Fsp3) is 0.167. The van der Waals surface area contributed by atoms with Crippen LogP contribution in [0.3, 0.4) is 0 Å². The van der Waals surface area contributed by atoms with Crippen LogP contribution in [0.4, 0.5) is 0 Å². The molecule has 3 aromatic rings. The molecule has 6 heteroatoms. The Morgan fingerprint density at radius 3 is 2.20 bits per heavy atom. The first-order valence-electron chi connectivity index (χ1n) is 9.47. The topological polar surface area (TPSA) is 46.2 Å². The molecular formula is C24H23ClLaNO2S. The molecule has 0 fully saturated rings. The molecule has 0 radical (unpaired) electrons. The first-order valence-corrected chi connectivity index (χ1v) is 11.0. The van der Waals surface area contributed by atoms with Crippen molar-refractivity contribution < 1.29 is 56.4 Å². The average molecular weight is 564 g/mol. The minimum atomic E-state index is -3.64. The quantitative estimate of drug-likeness (QED) is 0.519. The number of hydrogen-bond donors (Lipinski definition) is 1. The van der Waals surface area contributed by atoms with E-state index in [-0.39, 0.29) is 54.0 Å². The SMILES string of the molecule is CCC1=Cc2cccc(-c3ccccc3)c2C1NS(=O)(=O)c1ccc(C)cc1.[Cl-].[La+]. The van der Waals surface area contributed by atoms with Crippen LogP contribution in [0.15, 0.2) is 83.3 Å². The summed E-state index contributed by atoms with van der Waals surface area (Å²) in [5.74, 6) is 0. The van der Waals surface area contributed by atoms with Crippen LogP contribution in [0.25, 0.3) is 17.2 Å². The first-order chi connectivity index (χ1) is 13.5. The number of halogens is 1. The molecule has 1 unspecified atom stereocenters. The summed E-state index contributed by atoms with van der Waals surface area (Å²) in [5, 5.41) is 0. The molecule has 0 saturated heterocycles. The van der Waals surface area contributed by atoms with E-state index in [4.69, 9.17) is 0 Å². The molecule has 30 heavy (non-hydrogen) atoms. The molecule has 0 amide bonds.